The molecule has 72 valence electrons. The molecule has 0 radical (unpaired) electrons. The predicted octanol–water partition coefficient (Wildman–Crippen LogP) is 1.69. The van der Waals surface area contributed by atoms with E-state index in [2.05, 4.69) is 9.97 Å². The van der Waals surface area contributed by atoms with Crippen LogP contribution in [0.3, 0.4) is 0 Å². The van der Waals surface area contributed by atoms with Crippen molar-refractivity contribution in [2.45, 2.75) is 6.92 Å². The molecule has 0 atom stereocenters. The summed E-state index contributed by atoms with van der Waals surface area (Å²) in [6.45, 7) is 1.85. The van der Waals surface area contributed by atoms with Crippen LogP contribution in [0.2, 0.25) is 0 Å². The van der Waals surface area contributed by atoms with Crippen LogP contribution in [-0.4, -0.2) is 23.4 Å². The van der Waals surface area contributed by atoms with E-state index >= 15 is 0 Å². The number of carbonyl (C=O) groups excluding carboxylic acids is 1. The number of ether oxygens (including phenoxy) is 1. The summed E-state index contributed by atoms with van der Waals surface area (Å²) >= 11 is 0. The Morgan fingerprint density at radius 1 is 1.50 bits per heavy atom. The summed E-state index contributed by atoms with van der Waals surface area (Å²) in [5.74, 6) is 1.34. The number of nitrogens with zero attached hydrogens (tertiary/aromatic N) is 1. The van der Waals surface area contributed by atoms with Crippen LogP contribution < -0.4 is 4.74 Å². The number of aromatic nitrogens is 2. The molecule has 0 saturated heterocycles. The molecule has 0 saturated carbocycles. The van der Waals surface area contributed by atoms with E-state index in [0.717, 1.165) is 17.6 Å². The normalized spacial score (nSPS) is 10.4. The van der Waals surface area contributed by atoms with E-state index in [1.165, 1.54) is 7.11 Å². The van der Waals surface area contributed by atoms with E-state index in [0.29, 0.717) is 16.8 Å². The second kappa shape index (κ2) is 3.14. The largest absolute Gasteiger partial charge is 0.496 e. The molecule has 1 N–H and O–H groups in total. The van der Waals surface area contributed by atoms with Crippen molar-refractivity contribution >= 4 is 17.3 Å². The molecule has 0 unspecified atom stereocenters. The summed E-state index contributed by atoms with van der Waals surface area (Å²) in [6, 6.07) is 3.60. The topological polar surface area (TPSA) is 55.0 Å². The van der Waals surface area contributed by atoms with Crippen molar-refractivity contribution in [2.24, 2.45) is 0 Å². The van der Waals surface area contributed by atoms with Gasteiger partial charge in [0.15, 0.2) is 6.29 Å². The van der Waals surface area contributed by atoms with Crippen LogP contribution in [0.15, 0.2) is 12.1 Å². The molecule has 4 nitrogen and oxygen atoms in total. The number of hydrogen-bond acceptors (Lipinski definition) is 3. The molecule has 2 rings (SSSR count). The second-order valence-corrected chi connectivity index (χ2v) is 3.02. The van der Waals surface area contributed by atoms with E-state index in [9.17, 15) is 4.79 Å². The predicted molar refractivity (Wildman–Crippen MR) is 52.8 cm³/mol. The molecule has 2 aromatic rings. The number of nitrogens with one attached hydrogen (secondary N) is 1. The Kier molecular flexibility index (Phi) is 1.96. The van der Waals surface area contributed by atoms with E-state index < -0.39 is 0 Å². The maximum atomic E-state index is 10.9. The standard InChI is InChI=1S/C10H10N2O2/c1-6-11-8-3-4-9(14-2)7(5-13)10(8)12-6/h3-5H,1-2H3,(H,11,12). The number of aryl methyl sites for hydroxylation is 1. The van der Waals surface area contributed by atoms with Gasteiger partial charge < -0.3 is 9.72 Å². The first kappa shape index (κ1) is 8.74. The average molecular weight is 190 g/mol. The Bertz CT molecular complexity index is 488. The highest BCUT2D eigenvalue weighted by Crippen LogP contribution is 2.24. The van der Waals surface area contributed by atoms with Crippen LogP contribution in [0.4, 0.5) is 0 Å². The Morgan fingerprint density at radius 3 is 2.93 bits per heavy atom. The summed E-state index contributed by atoms with van der Waals surface area (Å²) in [5, 5.41) is 0. The zero-order valence-corrected chi connectivity index (χ0v) is 8.00. The zero-order chi connectivity index (χ0) is 10.1. The number of aromatic amines is 1. The lowest BCUT2D eigenvalue weighted by atomic mass is 10.2. The number of rotatable bonds is 2. The second-order valence-electron chi connectivity index (χ2n) is 3.02. The Hall–Kier alpha value is -1.84. The van der Waals surface area contributed by atoms with Gasteiger partial charge >= 0.3 is 0 Å². The molecular formula is C10H10N2O2. The van der Waals surface area contributed by atoms with Crippen molar-refractivity contribution in [3.63, 3.8) is 0 Å². The molecule has 0 aliphatic carbocycles. The number of methoxy groups -OCH3 is 1. The molecule has 0 bridgehead atoms. The highest BCUT2D eigenvalue weighted by molar-refractivity contribution is 5.97. The minimum Gasteiger partial charge on any atom is -0.496 e. The highest BCUT2D eigenvalue weighted by Gasteiger charge is 2.10. The number of carbonyl (C=O) groups is 1. The van der Waals surface area contributed by atoms with E-state index in [1.54, 1.807) is 6.07 Å². The summed E-state index contributed by atoms with van der Waals surface area (Å²) in [6.07, 6.45) is 0.765. The molecule has 0 aliphatic heterocycles. The molecule has 14 heavy (non-hydrogen) atoms. The Labute approximate surface area is 80.9 Å². The Balaban J connectivity index is 2.82. The van der Waals surface area contributed by atoms with Gasteiger partial charge in [-0.05, 0) is 19.1 Å². The van der Waals surface area contributed by atoms with E-state index in [4.69, 9.17) is 4.74 Å². The molecule has 0 fully saturated rings. The molecule has 0 aliphatic rings. The van der Waals surface area contributed by atoms with Crippen LogP contribution in [-0.2, 0) is 0 Å². The Morgan fingerprint density at radius 2 is 2.29 bits per heavy atom. The molecule has 1 aromatic carbocycles. The van der Waals surface area contributed by atoms with Gasteiger partial charge in [0, 0.05) is 0 Å². The summed E-state index contributed by atoms with van der Waals surface area (Å²) in [5.41, 5.74) is 2.01. The third-order valence-corrected chi connectivity index (χ3v) is 2.11. The smallest absolute Gasteiger partial charge is 0.156 e. The van der Waals surface area contributed by atoms with Gasteiger partial charge in [0.05, 0.1) is 18.2 Å². The van der Waals surface area contributed by atoms with E-state index in [-0.39, 0.29) is 0 Å². The molecule has 0 amide bonds. The lowest BCUT2D eigenvalue weighted by Crippen LogP contribution is -1.91. The highest BCUT2D eigenvalue weighted by atomic mass is 16.5. The number of hydrogen-bond donors (Lipinski definition) is 1. The number of H-pyrrole nitrogens is 1. The monoisotopic (exact) mass is 190 g/mol. The van der Waals surface area contributed by atoms with Crippen LogP contribution in [0.25, 0.3) is 11.0 Å². The van der Waals surface area contributed by atoms with Gasteiger partial charge in [-0.3, -0.25) is 4.79 Å². The number of fused-ring (bicyclic) bond motifs is 1. The quantitative estimate of drug-likeness (QED) is 0.733. The molecular weight excluding hydrogens is 180 g/mol. The summed E-state index contributed by atoms with van der Waals surface area (Å²) < 4.78 is 5.07. The van der Waals surface area contributed by atoms with Gasteiger partial charge in [0.25, 0.3) is 0 Å². The molecule has 4 heteroatoms. The lowest BCUT2D eigenvalue weighted by Gasteiger charge is -2.02. The third-order valence-electron chi connectivity index (χ3n) is 2.11. The lowest BCUT2D eigenvalue weighted by molar-refractivity contribution is 0.112. The number of benzene rings is 1. The SMILES string of the molecule is COc1ccc2[nH]c(C)nc2c1C=O. The maximum Gasteiger partial charge on any atom is 0.156 e. The summed E-state index contributed by atoms with van der Waals surface area (Å²) in [7, 11) is 1.54. The van der Waals surface area contributed by atoms with Crippen molar-refractivity contribution in [1.82, 2.24) is 9.97 Å². The van der Waals surface area contributed by atoms with Gasteiger partial charge in [-0.2, -0.15) is 0 Å². The fourth-order valence-corrected chi connectivity index (χ4v) is 1.49. The van der Waals surface area contributed by atoms with Crippen molar-refractivity contribution in [3.05, 3.63) is 23.5 Å². The maximum absolute atomic E-state index is 10.9. The van der Waals surface area contributed by atoms with Gasteiger partial charge in [0.2, 0.25) is 0 Å². The number of imidazole rings is 1. The summed E-state index contributed by atoms with van der Waals surface area (Å²) in [4.78, 5) is 18.2. The fraction of sp³-hybridized carbons (Fsp3) is 0.200. The molecule has 0 spiro atoms. The minimum atomic E-state index is 0.495. The van der Waals surface area contributed by atoms with Crippen molar-refractivity contribution in [2.75, 3.05) is 7.11 Å². The van der Waals surface area contributed by atoms with Gasteiger partial charge in [-0.25, -0.2) is 4.98 Å². The first-order chi connectivity index (χ1) is 6.76. The van der Waals surface area contributed by atoms with Crippen molar-refractivity contribution in [3.8, 4) is 5.75 Å². The van der Waals surface area contributed by atoms with E-state index in [1.807, 2.05) is 13.0 Å². The average Bonchev–Trinajstić information content (AvgIpc) is 2.56. The van der Waals surface area contributed by atoms with Crippen LogP contribution in [0, 0.1) is 6.92 Å². The van der Waals surface area contributed by atoms with Crippen LogP contribution in [0.1, 0.15) is 16.2 Å². The van der Waals surface area contributed by atoms with Crippen LogP contribution in [0.5, 0.6) is 5.75 Å². The number of aldehydes is 1. The van der Waals surface area contributed by atoms with Crippen LogP contribution >= 0.6 is 0 Å². The first-order valence-corrected chi connectivity index (χ1v) is 4.24. The molecule has 1 heterocycles. The zero-order valence-electron chi connectivity index (χ0n) is 8.00. The fourth-order valence-electron chi connectivity index (χ4n) is 1.49. The molecule has 1 aromatic heterocycles. The van der Waals surface area contributed by atoms with Crippen molar-refractivity contribution < 1.29 is 9.53 Å². The van der Waals surface area contributed by atoms with Crippen molar-refractivity contribution in [1.29, 1.82) is 0 Å². The van der Waals surface area contributed by atoms with Gasteiger partial charge in [-0.1, -0.05) is 0 Å². The van der Waals surface area contributed by atoms with Gasteiger partial charge in [0.1, 0.15) is 17.1 Å². The third kappa shape index (κ3) is 1.16. The minimum absolute atomic E-state index is 0.495. The first-order valence-electron chi connectivity index (χ1n) is 4.24. The van der Waals surface area contributed by atoms with Gasteiger partial charge in [-0.15, -0.1) is 0 Å².